The van der Waals surface area contributed by atoms with Crippen LogP contribution in [0.5, 0.6) is 5.75 Å². The molecule has 5 rings (SSSR count). The molecule has 214 valence electrons. The molecule has 41 heavy (non-hydrogen) atoms. The molecular weight excluding hydrogens is 520 g/mol. The van der Waals surface area contributed by atoms with E-state index in [1.165, 1.54) is 17.0 Å². The maximum atomic E-state index is 13.9. The van der Waals surface area contributed by atoms with Gasteiger partial charge < -0.3 is 24.8 Å². The summed E-state index contributed by atoms with van der Waals surface area (Å²) in [4.78, 5) is 28.8. The van der Waals surface area contributed by atoms with Crippen molar-refractivity contribution in [1.29, 1.82) is 0 Å². The van der Waals surface area contributed by atoms with E-state index in [2.05, 4.69) is 20.8 Å². The first-order chi connectivity index (χ1) is 19.6. The molecule has 0 aromatic heterocycles. The van der Waals surface area contributed by atoms with E-state index < -0.39 is 32.2 Å². The zero-order valence-corrected chi connectivity index (χ0v) is 23.7. The van der Waals surface area contributed by atoms with Crippen molar-refractivity contribution in [2.75, 3.05) is 4.90 Å². The number of fused-ring (bicyclic) bond motifs is 3. The monoisotopic (exact) mass is 557 g/mol. The Bertz CT molecular complexity index is 1390. The van der Waals surface area contributed by atoms with Crippen molar-refractivity contribution >= 4 is 43.3 Å². The van der Waals surface area contributed by atoms with E-state index in [4.69, 9.17) is 4.65 Å². The van der Waals surface area contributed by atoms with Crippen molar-refractivity contribution in [2.24, 2.45) is 23.7 Å². The Hall–Kier alpha value is -3.17. The third-order valence-electron chi connectivity index (χ3n) is 8.85. The molecule has 3 aliphatic rings. The summed E-state index contributed by atoms with van der Waals surface area (Å²) in [5.74, 6) is -1.77. The van der Waals surface area contributed by atoms with Crippen LogP contribution in [0.3, 0.4) is 0 Å². The number of rotatable bonds is 8. The van der Waals surface area contributed by atoms with E-state index in [1.54, 1.807) is 24.3 Å². The topological polar surface area (TPSA) is 128 Å². The molecule has 0 saturated carbocycles. The first kappa shape index (κ1) is 29.3. The summed E-state index contributed by atoms with van der Waals surface area (Å²) in [7, 11) is -2.77. The number of amides is 2. The van der Waals surface area contributed by atoms with Crippen molar-refractivity contribution in [3.05, 3.63) is 70.8 Å². The smallest absolute Gasteiger partial charge is 0.488 e. The number of para-hydroxylation sites is 1. The van der Waals surface area contributed by atoms with Crippen LogP contribution in [-0.2, 0) is 14.2 Å². The quantitative estimate of drug-likeness (QED) is 0.223. The highest BCUT2D eigenvalue weighted by molar-refractivity contribution is 6.58. The number of carbonyl (C=O) groups excluding carboxylic acids is 2. The Kier molecular flexibility index (Phi) is 8.57. The minimum atomic E-state index is -1.72. The van der Waals surface area contributed by atoms with Crippen molar-refractivity contribution in [3.8, 4) is 5.75 Å². The Morgan fingerprint density at radius 2 is 1.88 bits per heavy atom. The number of aromatic hydroxyl groups is 1. The van der Waals surface area contributed by atoms with Crippen LogP contribution in [0.25, 0.3) is 6.08 Å². The molecule has 0 unspecified atom stereocenters. The predicted molar refractivity (Wildman–Crippen MR) is 159 cm³/mol. The maximum absolute atomic E-state index is 13.9. The van der Waals surface area contributed by atoms with Gasteiger partial charge in [0.2, 0.25) is 11.8 Å². The minimum absolute atomic E-state index is 0.127. The van der Waals surface area contributed by atoms with Crippen LogP contribution in [-0.4, -0.2) is 52.3 Å². The fraction of sp³-hybridized carbons (Fsp3) is 0.419. The van der Waals surface area contributed by atoms with Gasteiger partial charge in [0.25, 0.3) is 0 Å². The number of hydrogen-bond donors (Lipinski definition) is 4. The number of anilines is 1. The molecule has 2 aromatic rings. The van der Waals surface area contributed by atoms with Gasteiger partial charge in [0, 0.05) is 5.56 Å². The summed E-state index contributed by atoms with van der Waals surface area (Å²) < 4.78 is 6.12. The van der Waals surface area contributed by atoms with Gasteiger partial charge in [0.1, 0.15) is 5.75 Å². The van der Waals surface area contributed by atoms with Gasteiger partial charge in [-0.1, -0.05) is 68.3 Å². The van der Waals surface area contributed by atoms with Crippen LogP contribution in [0.2, 0.25) is 6.32 Å². The lowest BCUT2D eigenvalue weighted by atomic mass is 9.57. The summed E-state index contributed by atoms with van der Waals surface area (Å²) in [5.41, 5.74) is 4.55. The highest BCUT2D eigenvalue weighted by Gasteiger charge is 2.57. The summed E-state index contributed by atoms with van der Waals surface area (Å²) >= 11 is 0. The van der Waals surface area contributed by atoms with E-state index >= 15 is 0 Å². The van der Waals surface area contributed by atoms with Gasteiger partial charge in [0.15, 0.2) is 0 Å². The van der Waals surface area contributed by atoms with Gasteiger partial charge in [-0.2, -0.15) is 0 Å². The number of carbonyl (C=O) groups is 2. The second kappa shape index (κ2) is 12.0. The first-order valence-corrected chi connectivity index (χ1v) is 14.5. The summed E-state index contributed by atoms with van der Waals surface area (Å²) in [6.45, 7) is 6.24. The lowest BCUT2D eigenvalue weighted by Gasteiger charge is -2.44. The highest BCUT2D eigenvalue weighted by Crippen LogP contribution is 2.52. The largest absolute Gasteiger partial charge is 0.507 e. The Morgan fingerprint density at radius 3 is 2.56 bits per heavy atom. The standard InChI is InChI=1S/C31H37B2NO7/c1-4-19(14-20-8-5-6-11-26(20)35)12-13-27-28-23(18(2)3)16-24-29(25(28)17-32(38)41-27)31(37)34(30(24)36)22-10-7-9-21(15-22)33(39)40/h5-11,14-15,18,24-25,27,29,35,38-40H,4,12-13,16-17H2,1-3H3/b19-14+/t24-,25+,27-,29-/m1/s1. The van der Waals surface area contributed by atoms with Crippen LogP contribution in [0, 0.1) is 23.7 Å². The second-order valence-electron chi connectivity index (χ2n) is 11.6. The van der Waals surface area contributed by atoms with Crippen LogP contribution in [0.1, 0.15) is 52.0 Å². The molecule has 4 atom stereocenters. The molecule has 2 fully saturated rings. The van der Waals surface area contributed by atoms with Crippen molar-refractivity contribution in [2.45, 2.75) is 58.9 Å². The lowest BCUT2D eigenvalue weighted by molar-refractivity contribution is -0.122. The second-order valence-corrected chi connectivity index (χ2v) is 11.6. The molecule has 2 amide bonds. The van der Waals surface area contributed by atoms with Gasteiger partial charge >= 0.3 is 14.2 Å². The Labute approximate surface area is 241 Å². The first-order valence-electron chi connectivity index (χ1n) is 14.5. The Morgan fingerprint density at radius 1 is 1.12 bits per heavy atom. The van der Waals surface area contributed by atoms with E-state index in [0.29, 0.717) is 24.9 Å². The predicted octanol–water partition coefficient (Wildman–Crippen LogP) is 3.30. The fourth-order valence-electron chi connectivity index (χ4n) is 6.83. The molecule has 0 spiro atoms. The zero-order valence-electron chi connectivity index (χ0n) is 23.7. The van der Waals surface area contributed by atoms with Gasteiger partial charge in [-0.3, -0.25) is 14.5 Å². The van der Waals surface area contributed by atoms with Crippen molar-refractivity contribution in [1.82, 2.24) is 0 Å². The third-order valence-corrected chi connectivity index (χ3v) is 8.85. The molecule has 2 aromatic carbocycles. The Balaban J connectivity index is 1.46. The average molecular weight is 557 g/mol. The number of imide groups is 1. The highest BCUT2D eigenvalue weighted by atomic mass is 16.5. The maximum Gasteiger partial charge on any atom is 0.488 e. The lowest BCUT2D eigenvalue weighted by Crippen LogP contribution is -2.46. The SMILES string of the molecule is CC/C(=C\c1ccccc1O)CC[C@H]1OB(O)C[C@H]2C1=C(C(C)C)C[C@H]1C(=O)N(c3cccc(B(O)O)c3)C(=O)[C@H]12. The molecule has 10 heteroatoms. The number of phenolic OH excluding ortho intramolecular Hbond substituents is 1. The van der Waals surface area contributed by atoms with Crippen molar-refractivity contribution in [3.63, 3.8) is 0 Å². The average Bonchev–Trinajstić information content (AvgIpc) is 3.20. The molecule has 1 aliphatic carbocycles. The normalized spacial score (nSPS) is 24.7. The van der Waals surface area contributed by atoms with Gasteiger partial charge in [-0.25, -0.2) is 0 Å². The third kappa shape index (κ3) is 5.66. The molecule has 2 aliphatic heterocycles. The van der Waals surface area contributed by atoms with Crippen LogP contribution in [0.15, 0.2) is 65.3 Å². The number of phenols is 1. The van der Waals surface area contributed by atoms with Crippen LogP contribution in [0.4, 0.5) is 5.69 Å². The van der Waals surface area contributed by atoms with Gasteiger partial charge in [0.05, 0.1) is 23.6 Å². The molecule has 8 nitrogen and oxygen atoms in total. The molecule has 0 bridgehead atoms. The number of nitrogens with zero attached hydrogens (tertiary/aromatic N) is 1. The van der Waals surface area contributed by atoms with Crippen molar-refractivity contribution < 1.29 is 34.4 Å². The number of allylic oxidation sites excluding steroid dienone is 2. The number of benzene rings is 2. The fourth-order valence-corrected chi connectivity index (χ4v) is 6.83. The summed E-state index contributed by atoms with van der Waals surface area (Å²) in [6.07, 6.45) is 4.36. The molecule has 0 radical (unpaired) electrons. The van der Waals surface area contributed by atoms with E-state index in [1.807, 2.05) is 18.2 Å². The number of hydrogen-bond acceptors (Lipinski definition) is 7. The van der Waals surface area contributed by atoms with E-state index in [-0.39, 0.29) is 41.2 Å². The van der Waals surface area contributed by atoms with Gasteiger partial charge in [-0.15, -0.1) is 0 Å². The summed E-state index contributed by atoms with van der Waals surface area (Å²) in [5, 5.41) is 40.4. The molecular formula is C31H37B2NO7. The van der Waals surface area contributed by atoms with E-state index in [9.17, 15) is 29.8 Å². The summed E-state index contributed by atoms with van der Waals surface area (Å²) in [6, 6.07) is 13.4. The van der Waals surface area contributed by atoms with Gasteiger partial charge in [-0.05, 0) is 73.1 Å². The molecule has 2 heterocycles. The minimum Gasteiger partial charge on any atom is -0.507 e. The molecule has 2 saturated heterocycles. The zero-order chi connectivity index (χ0) is 29.4. The van der Waals surface area contributed by atoms with Crippen LogP contribution < -0.4 is 10.4 Å². The van der Waals surface area contributed by atoms with E-state index in [0.717, 1.165) is 28.7 Å². The molecule has 4 N–H and O–H groups in total. The van der Waals surface area contributed by atoms with Crippen LogP contribution >= 0.6 is 0 Å².